The van der Waals surface area contributed by atoms with Crippen LogP contribution in [0.15, 0.2) is 67.0 Å². The van der Waals surface area contributed by atoms with E-state index in [9.17, 15) is 4.79 Å². The minimum atomic E-state index is -0.187. The van der Waals surface area contributed by atoms with Crippen LogP contribution in [0.4, 0.5) is 22.7 Å². The van der Waals surface area contributed by atoms with Crippen LogP contribution in [0, 0.1) is 0 Å². The summed E-state index contributed by atoms with van der Waals surface area (Å²) in [7, 11) is 3.96. The summed E-state index contributed by atoms with van der Waals surface area (Å²) in [5.74, 6) is -0.187. The topological polar surface area (TPSA) is 57.3 Å². The lowest BCUT2D eigenvalue weighted by molar-refractivity contribution is 0.102. The maximum absolute atomic E-state index is 12.6. The fourth-order valence-electron chi connectivity index (χ4n) is 2.78. The van der Waals surface area contributed by atoms with Gasteiger partial charge < -0.3 is 15.5 Å². The highest BCUT2D eigenvalue weighted by Crippen LogP contribution is 2.22. The Morgan fingerprint density at radius 2 is 1.74 bits per heavy atom. The minimum Gasteiger partial charge on any atom is -0.378 e. The van der Waals surface area contributed by atoms with Crippen molar-refractivity contribution in [1.82, 2.24) is 4.98 Å². The molecule has 1 amide bonds. The first-order chi connectivity index (χ1) is 13.1. The summed E-state index contributed by atoms with van der Waals surface area (Å²) in [6, 6.07) is 17.6. The molecule has 0 aliphatic carbocycles. The van der Waals surface area contributed by atoms with Crippen molar-refractivity contribution in [3.63, 3.8) is 0 Å². The van der Waals surface area contributed by atoms with Crippen molar-refractivity contribution < 1.29 is 4.79 Å². The highest BCUT2D eigenvalue weighted by molar-refractivity contribution is 6.04. The Balaban J connectivity index is 1.73. The van der Waals surface area contributed by atoms with Gasteiger partial charge >= 0.3 is 0 Å². The van der Waals surface area contributed by atoms with Crippen LogP contribution in [-0.4, -0.2) is 25.0 Å². The van der Waals surface area contributed by atoms with Crippen LogP contribution >= 0.6 is 0 Å². The smallest absolute Gasteiger partial charge is 0.257 e. The number of para-hydroxylation sites is 1. The predicted molar refractivity (Wildman–Crippen MR) is 112 cm³/mol. The minimum absolute atomic E-state index is 0.187. The van der Waals surface area contributed by atoms with Crippen molar-refractivity contribution in [3.05, 3.63) is 78.1 Å². The number of aryl methyl sites for hydroxylation is 1. The van der Waals surface area contributed by atoms with Gasteiger partial charge in [0, 0.05) is 37.4 Å². The molecule has 2 aromatic carbocycles. The molecule has 3 rings (SSSR count). The number of pyridine rings is 1. The monoisotopic (exact) mass is 360 g/mol. The maximum atomic E-state index is 12.6. The molecular formula is C22H24N4O. The second-order valence-electron chi connectivity index (χ2n) is 6.49. The predicted octanol–water partition coefficient (Wildman–Crippen LogP) is 4.71. The molecule has 0 fully saturated rings. The standard InChI is InChI=1S/C22H24N4O/c1-4-16-7-5-6-8-21(16)24-19-13-17(14-23-15-19)22(27)25-18-9-11-20(12-10-18)26(2)3/h5-15,24H,4H2,1-3H3,(H,25,27). The Kier molecular flexibility index (Phi) is 5.71. The summed E-state index contributed by atoms with van der Waals surface area (Å²) >= 11 is 0. The number of anilines is 4. The third kappa shape index (κ3) is 4.64. The number of rotatable bonds is 6. The normalized spacial score (nSPS) is 10.3. The van der Waals surface area contributed by atoms with Gasteiger partial charge in [0.05, 0.1) is 17.4 Å². The number of carbonyl (C=O) groups excluding carboxylic acids is 1. The van der Waals surface area contributed by atoms with Gasteiger partial charge in [-0.15, -0.1) is 0 Å². The zero-order valence-electron chi connectivity index (χ0n) is 15.9. The third-order valence-electron chi connectivity index (χ3n) is 4.32. The molecule has 27 heavy (non-hydrogen) atoms. The van der Waals surface area contributed by atoms with Crippen LogP contribution in [0.1, 0.15) is 22.8 Å². The SMILES string of the molecule is CCc1ccccc1Nc1cncc(C(=O)Nc2ccc(N(C)C)cc2)c1. The van der Waals surface area contributed by atoms with Crippen molar-refractivity contribution in [2.75, 3.05) is 29.6 Å². The molecule has 0 aliphatic heterocycles. The number of benzene rings is 2. The first-order valence-electron chi connectivity index (χ1n) is 8.95. The van der Waals surface area contributed by atoms with Gasteiger partial charge in [0.2, 0.25) is 0 Å². The zero-order valence-corrected chi connectivity index (χ0v) is 15.9. The Morgan fingerprint density at radius 1 is 1.00 bits per heavy atom. The molecular weight excluding hydrogens is 336 g/mol. The lowest BCUT2D eigenvalue weighted by atomic mass is 10.1. The van der Waals surface area contributed by atoms with Crippen LogP contribution in [0.2, 0.25) is 0 Å². The molecule has 0 saturated heterocycles. The van der Waals surface area contributed by atoms with Crippen molar-refractivity contribution in [1.29, 1.82) is 0 Å². The number of nitrogens with one attached hydrogen (secondary N) is 2. The third-order valence-corrected chi connectivity index (χ3v) is 4.32. The first-order valence-corrected chi connectivity index (χ1v) is 8.95. The molecule has 0 saturated carbocycles. The Morgan fingerprint density at radius 3 is 2.44 bits per heavy atom. The number of nitrogens with zero attached hydrogens (tertiary/aromatic N) is 2. The second-order valence-corrected chi connectivity index (χ2v) is 6.49. The van der Waals surface area contributed by atoms with Crippen molar-refractivity contribution in [2.24, 2.45) is 0 Å². The van der Waals surface area contributed by atoms with E-state index >= 15 is 0 Å². The van der Waals surface area contributed by atoms with Crippen molar-refractivity contribution >= 4 is 28.7 Å². The maximum Gasteiger partial charge on any atom is 0.257 e. The molecule has 2 N–H and O–H groups in total. The van der Waals surface area contributed by atoms with E-state index in [2.05, 4.69) is 28.6 Å². The molecule has 0 unspecified atom stereocenters. The van der Waals surface area contributed by atoms with Crippen molar-refractivity contribution in [3.8, 4) is 0 Å². The van der Waals surface area contributed by atoms with Crippen LogP contribution < -0.4 is 15.5 Å². The highest BCUT2D eigenvalue weighted by atomic mass is 16.1. The van der Waals surface area contributed by atoms with E-state index in [0.29, 0.717) is 5.56 Å². The van der Waals surface area contributed by atoms with Crippen LogP contribution in [-0.2, 0) is 6.42 Å². The van der Waals surface area contributed by atoms with Crippen molar-refractivity contribution in [2.45, 2.75) is 13.3 Å². The molecule has 0 aliphatic rings. The second kappa shape index (κ2) is 8.36. The quantitative estimate of drug-likeness (QED) is 0.669. The van der Waals surface area contributed by atoms with Crippen LogP contribution in [0.25, 0.3) is 0 Å². The lowest BCUT2D eigenvalue weighted by Crippen LogP contribution is -2.13. The van der Waals surface area contributed by atoms with E-state index in [1.54, 1.807) is 12.4 Å². The van der Waals surface area contributed by atoms with Gasteiger partial charge in [-0.3, -0.25) is 9.78 Å². The Labute approximate surface area is 160 Å². The summed E-state index contributed by atoms with van der Waals surface area (Å²) in [4.78, 5) is 18.8. The van der Waals surface area contributed by atoms with Gasteiger partial charge in [0.25, 0.3) is 5.91 Å². The molecule has 138 valence electrons. The lowest BCUT2D eigenvalue weighted by Gasteiger charge is -2.13. The largest absolute Gasteiger partial charge is 0.378 e. The molecule has 0 spiro atoms. The first kappa shape index (κ1) is 18.5. The number of hydrogen-bond donors (Lipinski definition) is 2. The van der Waals surface area contributed by atoms with Gasteiger partial charge in [-0.25, -0.2) is 0 Å². The summed E-state index contributed by atoms with van der Waals surface area (Å²) in [5.41, 5.74) is 5.36. The molecule has 3 aromatic rings. The molecule has 0 atom stereocenters. The highest BCUT2D eigenvalue weighted by Gasteiger charge is 2.09. The number of amides is 1. The molecule has 0 bridgehead atoms. The van der Waals surface area contributed by atoms with E-state index in [-0.39, 0.29) is 5.91 Å². The zero-order chi connectivity index (χ0) is 19.2. The van der Waals surface area contributed by atoms with Gasteiger partial charge in [-0.1, -0.05) is 25.1 Å². The molecule has 0 radical (unpaired) electrons. The van der Waals surface area contributed by atoms with Gasteiger partial charge in [0.1, 0.15) is 0 Å². The average Bonchev–Trinajstić information content (AvgIpc) is 2.69. The number of aromatic nitrogens is 1. The Bertz CT molecular complexity index is 920. The number of carbonyl (C=O) groups is 1. The summed E-state index contributed by atoms with van der Waals surface area (Å²) in [6.45, 7) is 2.12. The molecule has 5 heteroatoms. The van der Waals surface area contributed by atoms with E-state index < -0.39 is 0 Å². The van der Waals surface area contributed by atoms with E-state index in [1.165, 1.54) is 5.56 Å². The van der Waals surface area contributed by atoms with Crippen LogP contribution in [0.3, 0.4) is 0 Å². The molecule has 1 aromatic heterocycles. The number of hydrogen-bond acceptors (Lipinski definition) is 4. The fourth-order valence-corrected chi connectivity index (χ4v) is 2.78. The van der Waals surface area contributed by atoms with Crippen LogP contribution in [0.5, 0.6) is 0 Å². The summed E-state index contributed by atoms with van der Waals surface area (Å²) in [6.07, 6.45) is 4.22. The molecule has 1 heterocycles. The Hall–Kier alpha value is -3.34. The fraction of sp³-hybridized carbons (Fsp3) is 0.182. The van der Waals surface area contributed by atoms with Gasteiger partial charge in [-0.05, 0) is 48.4 Å². The summed E-state index contributed by atoms with van der Waals surface area (Å²) in [5, 5.41) is 6.27. The molecule has 5 nitrogen and oxygen atoms in total. The average molecular weight is 360 g/mol. The van der Waals surface area contributed by atoms with E-state index in [1.807, 2.05) is 67.5 Å². The van der Waals surface area contributed by atoms with E-state index in [4.69, 9.17) is 0 Å². The van der Waals surface area contributed by atoms with Gasteiger partial charge in [0.15, 0.2) is 0 Å². The van der Waals surface area contributed by atoms with Gasteiger partial charge in [-0.2, -0.15) is 0 Å². The van der Waals surface area contributed by atoms with E-state index in [0.717, 1.165) is 29.2 Å². The summed E-state index contributed by atoms with van der Waals surface area (Å²) < 4.78 is 0.